The molecule has 0 fully saturated rings. The average molecular weight is 475 g/mol. The molecule has 8 heteroatoms. The first-order valence-electron chi connectivity index (χ1n) is 11.6. The van der Waals surface area contributed by atoms with Crippen LogP contribution in [0.15, 0.2) is 53.6 Å². The molecule has 0 bridgehead atoms. The maximum atomic E-state index is 13.4. The Bertz CT molecular complexity index is 1550. The van der Waals surface area contributed by atoms with Crippen LogP contribution >= 0.6 is 0 Å². The van der Waals surface area contributed by atoms with Crippen molar-refractivity contribution in [3.05, 3.63) is 65.4 Å². The summed E-state index contributed by atoms with van der Waals surface area (Å²) in [5.41, 5.74) is 6.39. The number of anilines is 1. The summed E-state index contributed by atoms with van der Waals surface area (Å²) < 4.78 is 25.8. The van der Waals surface area contributed by atoms with E-state index >= 15 is 0 Å². The van der Waals surface area contributed by atoms with Gasteiger partial charge in [0, 0.05) is 29.3 Å². The Kier molecular flexibility index (Phi) is 4.55. The van der Waals surface area contributed by atoms with Gasteiger partial charge in [0.1, 0.15) is 5.69 Å². The van der Waals surface area contributed by atoms with Crippen LogP contribution in [0.5, 0.6) is 0 Å². The topological polar surface area (TPSA) is 98.9 Å². The van der Waals surface area contributed by atoms with Crippen LogP contribution in [0.2, 0.25) is 0 Å². The van der Waals surface area contributed by atoms with Crippen LogP contribution in [-0.2, 0) is 32.9 Å². The first-order valence-corrected chi connectivity index (χ1v) is 13.2. The molecule has 0 saturated carbocycles. The van der Waals surface area contributed by atoms with Gasteiger partial charge in [0.15, 0.2) is 9.84 Å². The van der Waals surface area contributed by atoms with Crippen molar-refractivity contribution in [1.82, 2.24) is 15.2 Å². The number of hydrogen-bond donors (Lipinski definition) is 2. The molecule has 1 aliphatic carbocycles. The molecule has 2 aliphatic rings. The highest BCUT2D eigenvalue weighted by molar-refractivity contribution is 7.91. The number of aromatic amines is 2. The van der Waals surface area contributed by atoms with Crippen molar-refractivity contribution in [2.24, 2.45) is 0 Å². The Balaban J connectivity index is 1.43. The largest absolute Gasteiger partial charge is 0.353 e. The summed E-state index contributed by atoms with van der Waals surface area (Å²) in [5, 5.41) is 8.55. The lowest BCUT2D eigenvalue weighted by Gasteiger charge is -2.20. The predicted molar refractivity (Wildman–Crippen MR) is 132 cm³/mol. The zero-order chi connectivity index (χ0) is 23.7. The van der Waals surface area contributed by atoms with Crippen LogP contribution in [-0.4, -0.2) is 41.8 Å². The summed E-state index contributed by atoms with van der Waals surface area (Å²) in [6, 6.07) is 12.5. The molecule has 2 N–H and O–H groups in total. The van der Waals surface area contributed by atoms with E-state index in [0.717, 1.165) is 52.8 Å². The third-order valence-corrected chi connectivity index (χ3v) is 8.99. The number of carbonyl (C=O) groups excluding carboxylic acids is 1. The van der Waals surface area contributed by atoms with Crippen molar-refractivity contribution < 1.29 is 13.2 Å². The van der Waals surface area contributed by atoms with E-state index in [1.54, 1.807) is 35.2 Å². The highest BCUT2D eigenvalue weighted by Gasteiger charge is 2.44. The van der Waals surface area contributed by atoms with Gasteiger partial charge in [-0.2, -0.15) is 5.10 Å². The highest BCUT2D eigenvalue weighted by Crippen LogP contribution is 2.46. The molecule has 4 aromatic rings. The molecule has 0 saturated heterocycles. The van der Waals surface area contributed by atoms with E-state index in [0.29, 0.717) is 0 Å². The van der Waals surface area contributed by atoms with Crippen molar-refractivity contribution in [2.75, 3.05) is 17.2 Å². The summed E-state index contributed by atoms with van der Waals surface area (Å²) in [6.07, 6.45) is 4.87. The maximum Gasteiger partial charge on any atom is 0.237 e. The average Bonchev–Trinajstić information content (AvgIpc) is 3.44. The minimum absolute atomic E-state index is 0.0703. The molecule has 7 nitrogen and oxygen atoms in total. The van der Waals surface area contributed by atoms with E-state index in [9.17, 15) is 13.2 Å². The van der Waals surface area contributed by atoms with E-state index < -0.39 is 15.3 Å². The summed E-state index contributed by atoms with van der Waals surface area (Å²) in [4.78, 5) is 18.9. The number of nitrogens with zero attached hydrogens (tertiary/aromatic N) is 2. The smallest absolute Gasteiger partial charge is 0.237 e. The first kappa shape index (κ1) is 21.2. The van der Waals surface area contributed by atoms with E-state index in [-0.39, 0.29) is 23.1 Å². The number of rotatable bonds is 4. The Morgan fingerprint density at radius 2 is 1.91 bits per heavy atom. The molecule has 0 atom stereocenters. The van der Waals surface area contributed by atoms with Gasteiger partial charge >= 0.3 is 0 Å². The fourth-order valence-electron chi connectivity index (χ4n) is 5.39. The number of nitrogens with one attached hydrogen (secondary N) is 2. The fourth-order valence-corrected chi connectivity index (χ4v) is 6.62. The van der Waals surface area contributed by atoms with Gasteiger partial charge in [-0.1, -0.05) is 18.2 Å². The second kappa shape index (κ2) is 7.30. The van der Waals surface area contributed by atoms with Crippen molar-refractivity contribution in [2.45, 2.75) is 43.4 Å². The van der Waals surface area contributed by atoms with Crippen molar-refractivity contribution >= 4 is 32.3 Å². The van der Waals surface area contributed by atoms with Crippen LogP contribution < -0.4 is 4.90 Å². The molecule has 2 aromatic carbocycles. The number of aryl methyl sites for hydroxylation is 2. The third kappa shape index (κ3) is 3.05. The van der Waals surface area contributed by atoms with Crippen molar-refractivity contribution in [3.63, 3.8) is 0 Å². The minimum atomic E-state index is -3.50. The number of benzene rings is 2. The van der Waals surface area contributed by atoms with E-state index in [2.05, 4.69) is 27.3 Å². The number of H-pyrrole nitrogens is 2. The Morgan fingerprint density at radius 3 is 2.71 bits per heavy atom. The Morgan fingerprint density at radius 1 is 1.12 bits per heavy atom. The van der Waals surface area contributed by atoms with Gasteiger partial charge < -0.3 is 9.88 Å². The monoisotopic (exact) mass is 474 g/mol. The minimum Gasteiger partial charge on any atom is -0.353 e. The molecule has 0 spiro atoms. The van der Waals surface area contributed by atoms with Gasteiger partial charge in [-0.3, -0.25) is 9.89 Å². The van der Waals surface area contributed by atoms with Gasteiger partial charge in [-0.05, 0) is 74.1 Å². The molecule has 34 heavy (non-hydrogen) atoms. The van der Waals surface area contributed by atoms with Gasteiger partial charge in [-0.25, -0.2) is 8.42 Å². The summed E-state index contributed by atoms with van der Waals surface area (Å²) in [5.74, 6) is -0.197. The molecule has 0 unspecified atom stereocenters. The fraction of sp³-hybridized carbons (Fsp3) is 0.308. The maximum absolute atomic E-state index is 13.4. The first-order chi connectivity index (χ1) is 16.3. The zero-order valence-electron chi connectivity index (χ0n) is 19.2. The van der Waals surface area contributed by atoms with Crippen LogP contribution in [0.1, 0.15) is 37.0 Å². The summed E-state index contributed by atoms with van der Waals surface area (Å²) in [6.45, 7) is 3.94. The molecule has 3 heterocycles. The molecule has 1 amide bonds. The number of fused-ring (bicyclic) bond motifs is 6. The number of carbonyl (C=O) groups is 1. The SMILES string of the molecule is CC1(C)C(=O)N(CCS(=O)(=O)c2ccccc2)c2cc3c4c([nH]c3cc21)-c1n[nH]cc1CCC4. The second-order valence-corrected chi connectivity index (χ2v) is 11.8. The van der Waals surface area contributed by atoms with Gasteiger partial charge in [0.05, 0.1) is 21.8 Å². The van der Waals surface area contributed by atoms with Crippen LogP contribution in [0.25, 0.3) is 22.3 Å². The van der Waals surface area contributed by atoms with Crippen molar-refractivity contribution in [3.8, 4) is 11.4 Å². The lowest BCUT2D eigenvalue weighted by molar-refractivity contribution is -0.122. The number of amides is 1. The Labute approximate surface area is 198 Å². The standard InChI is InChI=1S/C26H26N4O3S/c1-26(2)20-14-21-19(18-10-6-7-16-15-27-29-23(16)24(18)28-21)13-22(20)30(25(26)31)11-12-34(32,33)17-8-4-3-5-9-17/h3-5,8-9,13-15,28H,6-7,10-12H2,1-2H3,(H,27,29). The molecule has 6 rings (SSSR count). The van der Waals surface area contributed by atoms with E-state index in [1.165, 1.54) is 11.1 Å². The predicted octanol–water partition coefficient (Wildman–Crippen LogP) is 4.14. The number of aromatic nitrogens is 3. The quantitative estimate of drug-likeness (QED) is 0.464. The molecule has 0 radical (unpaired) electrons. The van der Waals surface area contributed by atoms with Crippen LogP contribution in [0.4, 0.5) is 5.69 Å². The van der Waals surface area contributed by atoms with Crippen molar-refractivity contribution in [1.29, 1.82) is 0 Å². The van der Waals surface area contributed by atoms with Gasteiger partial charge in [0.2, 0.25) is 5.91 Å². The highest BCUT2D eigenvalue weighted by atomic mass is 32.2. The molecule has 174 valence electrons. The third-order valence-electron chi connectivity index (χ3n) is 7.28. The van der Waals surface area contributed by atoms with Crippen LogP contribution in [0, 0.1) is 0 Å². The van der Waals surface area contributed by atoms with Gasteiger partial charge in [0.25, 0.3) is 0 Å². The lowest BCUT2D eigenvalue weighted by Crippen LogP contribution is -2.38. The molecular weight excluding hydrogens is 448 g/mol. The van der Waals surface area contributed by atoms with E-state index in [4.69, 9.17) is 0 Å². The zero-order valence-corrected chi connectivity index (χ0v) is 20.0. The van der Waals surface area contributed by atoms with Crippen LogP contribution in [0.3, 0.4) is 0 Å². The summed E-state index contributed by atoms with van der Waals surface area (Å²) >= 11 is 0. The normalized spacial score (nSPS) is 16.9. The molecule has 2 aromatic heterocycles. The number of hydrogen-bond acceptors (Lipinski definition) is 4. The lowest BCUT2D eigenvalue weighted by atomic mass is 9.85. The van der Waals surface area contributed by atoms with E-state index in [1.807, 2.05) is 20.0 Å². The molecule has 1 aliphatic heterocycles. The summed E-state index contributed by atoms with van der Waals surface area (Å²) in [7, 11) is -3.50. The number of sulfone groups is 1. The molecular formula is C26H26N4O3S. The van der Waals surface area contributed by atoms with Gasteiger partial charge in [-0.15, -0.1) is 0 Å². The second-order valence-electron chi connectivity index (χ2n) is 9.72. The Hall–Kier alpha value is -3.39.